The van der Waals surface area contributed by atoms with Crippen LogP contribution in [0.1, 0.15) is 12.7 Å². The van der Waals surface area contributed by atoms with Crippen molar-refractivity contribution in [2.24, 2.45) is 0 Å². The molecule has 0 aliphatic heterocycles. The Balaban J connectivity index is 2.32. The van der Waals surface area contributed by atoms with Gasteiger partial charge < -0.3 is 4.74 Å². The van der Waals surface area contributed by atoms with Crippen molar-refractivity contribution in [1.82, 2.24) is 9.55 Å². The second-order valence-electron chi connectivity index (χ2n) is 5.00. The zero-order chi connectivity index (χ0) is 16.6. The molecule has 3 aromatic rings. The molecule has 0 saturated carbocycles. The molecule has 0 unspecified atom stereocenters. The Bertz CT molecular complexity index is 936. The summed E-state index contributed by atoms with van der Waals surface area (Å²) >= 11 is 1.88. The van der Waals surface area contributed by atoms with Crippen LogP contribution in [0.2, 0.25) is 0 Å². The van der Waals surface area contributed by atoms with E-state index in [4.69, 9.17) is 4.74 Å². The molecule has 6 heteroatoms. The van der Waals surface area contributed by atoms with Gasteiger partial charge in [0.05, 0.1) is 23.7 Å². The Morgan fingerprint density at radius 3 is 2.57 bits per heavy atom. The van der Waals surface area contributed by atoms with Gasteiger partial charge in [0.25, 0.3) is 5.56 Å². The molecule has 0 saturated heterocycles. The summed E-state index contributed by atoms with van der Waals surface area (Å²) in [5, 5.41) is 0.406. The number of hydrogen-bond acceptors (Lipinski definition) is 3. The molecule has 2 aromatic carbocycles. The molecule has 0 spiro atoms. The maximum absolute atomic E-state index is 13.8. The first kappa shape index (κ1) is 15.9. The van der Waals surface area contributed by atoms with Gasteiger partial charge in [-0.15, -0.1) is 0 Å². The van der Waals surface area contributed by atoms with Crippen LogP contribution in [-0.2, 0) is 6.42 Å². The minimum Gasteiger partial charge on any atom is -0.497 e. The Labute approximate surface area is 146 Å². The van der Waals surface area contributed by atoms with Gasteiger partial charge in [0.2, 0.25) is 0 Å². The minimum absolute atomic E-state index is 0.199. The lowest BCUT2D eigenvalue weighted by Crippen LogP contribution is -2.23. The van der Waals surface area contributed by atoms with Gasteiger partial charge in [-0.3, -0.25) is 9.36 Å². The Kier molecular flexibility index (Phi) is 4.34. The van der Waals surface area contributed by atoms with Crippen LogP contribution < -0.4 is 10.3 Å². The van der Waals surface area contributed by atoms with Gasteiger partial charge in [0.15, 0.2) is 0 Å². The van der Waals surface area contributed by atoms with Crippen molar-refractivity contribution in [2.45, 2.75) is 13.3 Å². The smallest absolute Gasteiger partial charge is 0.266 e. The van der Waals surface area contributed by atoms with Crippen LogP contribution >= 0.6 is 22.6 Å². The van der Waals surface area contributed by atoms with Gasteiger partial charge in [-0.05, 0) is 52.9 Å². The average molecular weight is 424 g/mol. The van der Waals surface area contributed by atoms with Crippen molar-refractivity contribution >= 4 is 33.5 Å². The summed E-state index contributed by atoms with van der Waals surface area (Å²) in [7, 11) is 1.59. The van der Waals surface area contributed by atoms with Crippen LogP contribution in [0.3, 0.4) is 0 Å². The predicted octanol–water partition coefficient (Wildman–Crippen LogP) is 3.70. The molecule has 3 rings (SSSR count). The molecule has 0 radical (unpaired) electrons. The van der Waals surface area contributed by atoms with Crippen LogP contribution in [0.5, 0.6) is 5.75 Å². The Morgan fingerprint density at radius 1 is 1.26 bits per heavy atom. The van der Waals surface area contributed by atoms with Gasteiger partial charge in [0.1, 0.15) is 17.4 Å². The monoisotopic (exact) mass is 424 g/mol. The van der Waals surface area contributed by atoms with E-state index >= 15 is 0 Å². The molecule has 23 heavy (non-hydrogen) atoms. The van der Waals surface area contributed by atoms with E-state index in [1.807, 2.05) is 29.5 Å². The number of rotatable bonds is 3. The van der Waals surface area contributed by atoms with Gasteiger partial charge >= 0.3 is 0 Å². The fourth-order valence-corrected chi connectivity index (χ4v) is 2.93. The third-order valence-electron chi connectivity index (χ3n) is 3.63. The van der Waals surface area contributed by atoms with E-state index in [0.717, 1.165) is 0 Å². The van der Waals surface area contributed by atoms with Crippen LogP contribution in [0.4, 0.5) is 4.39 Å². The minimum atomic E-state index is -0.366. The largest absolute Gasteiger partial charge is 0.497 e. The highest BCUT2D eigenvalue weighted by molar-refractivity contribution is 14.1. The molecule has 0 bridgehead atoms. The molecule has 0 fully saturated rings. The molecule has 118 valence electrons. The van der Waals surface area contributed by atoms with Gasteiger partial charge in [-0.25, -0.2) is 9.37 Å². The van der Waals surface area contributed by atoms with Crippen molar-refractivity contribution in [3.8, 4) is 11.4 Å². The molecule has 4 nitrogen and oxygen atoms in total. The third-order valence-corrected chi connectivity index (χ3v) is 4.45. The lowest BCUT2D eigenvalue weighted by molar-refractivity contribution is 0.414. The number of nitrogens with zero attached hydrogens (tertiary/aromatic N) is 2. The fourth-order valence-electron chi connectivity index (χ4n) is 2.46. The second-order valence-corrected chi connectivity index (χ2v) is 6.17. The van der Waals surface area contributed by atoms with Crippen LogP contribution in [-0.4, -0.2) is 16.7 Å². The maximum Gasteiger partial charge on any atom is 0.266 e. The number of ether oxygens (including phenoxy) is 1. The molecular weight excluding hydrogens is 410 g/mol. The topological polar surface area (TPSA) is 44.1 Å². The summed E-state index contributed by atoms with van der Waals surface area (Å²) in [5.41, 5.74) is 0.894. The standard InChI is InChI=1S/C17H14FIN2O2/c1-3-16-20-15-9-13(18)14(19)8-12(15)17(22)21(16)10-4-6-11(23-2)7-5-10/h4-9H,3H2,1-2H3. The number of hydrogen-bond donors (Lipinski definition) is 0. The first-order chi connectivity index (χ1) is 11.0. The van der Waals surface area contributed by atoms with Crippen molar-refractivity contribution in [2.75, 3.05) is 7.11 Å². The van der Waals surface area contributed by atoms with Crippen LogP contribution in [0, 0.1) is 9.39 Å². The maximum atomic E-state index is 13.8. The van der Waals surface area contributed by atoms with Crippen molar-refractivity contribution in [3.05, 3.63) is 62.0 Å². The van der Waals surface area contributed by atoms with E-state index in [2.05, 4.69) is 4.98 Å². The normalized spacial score (nSPS) is 11.0. The number of methoxy groups -OCH3 is 1. The van der Waals surface area contributed by atoms with Gasteiger partial charge in [0, 0.05) is 16.1 Å². The summed E-state index contributed by atoms with van der Waals surface area (Å²) < 4.78 is 20.9. The van der Waals surface area contributed by atoms with Crippen molar-refractivity contribution in [3.63, 3.8) is 0 Å². The molecule has 0 atom stereocenters. The first-order valence-electron chi connectivity index (χ1n) is 7.10. The quantitative estimate of drug-likeness (QED) is 0.603. The number of fused-ring (bicyclic) bond motifs is 1. The third kappa shape index (κ3) is 2.83. The number of aromatic nitrogens is 2. The lowest BCUT2D eigenvalue weighted by atomic mass is 10.2. The number of aryl methyl sites for hydroxylation is 1. The van der Waals surface area contributed by atoms with Crippen molar-refractivity contribution < 1.29 is 9.13 Å². The predicted molar refractivity (Wildman–Crippen MR) is 95.9 cm³/mol. The number of halogens is 2. The zero-order valence-corrected chi connectivity index (χ0v) is 14.8. The summed E-state index contributed by atoms with van der Waals surface area (Å²) in [4.78, 5) is 17.4. The van der Waals surface area contributed by atoms with Crippen LogP contribution in [0.15, 0.2) is 41.2 Å². The van der Waals surface area contributed by atoms with Crippen LogP contribution in [0.25, 0.3) is 16.6 Å². The molecule has 1 aromatic heterocycles. The van der Waals surface area contributed by atoms with E-state index in [-0.39, 0.29) is 11.4 Å². The SMILES string of the molecule is CCc1nc2cc(F)c(I)cc2c(=O)n1-c1ccc(OC)cc1. The van der Waals surface area contributed by atoms with Gasteiger partial charge in [-0.1, -0.05) is 6.92 Å². The lowest BCUT2D eigenvalue weighted by Gasteiger charge is -2.13. The molecule has 0 N–H and O–H groups in total. The first-order valence-corrected chi connectivity index (χ1v) is 8.18. The summed E-state index contributed by atoms with van der Waals surface area (Å²) in [6.07, 6.45) is 0.560. The van der Waals surface area contributed by atoms with E-state index in [9.17, 15) is 9.18 Å². The Morgan fingerprint density at radius 2 is 1.96 bits per heavy atom. The molecule has 0 aliphatic carbocycles. The highest BCUT2D eigenvalue weighted by Gasteiger charge is 2.14. The molecular formula is C17H14FIN2O2. The summed E-state index contributed by atoms with van der Waals surface area (Å²) in [5.74, 6) is 0.938. The van der Waals surface area contributed by atoms with E-state index in [1.54, 1.807) is 42.0 Å². The van der Waals surface area contributed by atoms with Crippen molar-refractivity contribution in [1.29, 1.82) is 0 Å². The highest BCUT2D eigenvalue weighted by Crippen LogP contribution is 2.20. The van der Waals surface area contributed by atoms with E-state index in [0.29, 0.717) is 38.2 Å². The van der Waals surface area contributed by atoms with E-state index < -0.39 is 0 Å². The fraction of sp³-hybridized carbons (Fsp3) is 0.176. The summed E-state index contributed by atoms with van der Waals surface area (Å²) in [6.45, 7) is 1.91. The molecule has 1 heterocycles. The second kappa shape index (κ2) is 6.27. The molecule has 0 aliphatic rings. The molecule has 0 amide bonds. The average Bonchev–Trinajstić information content (AvgIpc) is 2.57. The van der Waals surface area contributed by atoms with Gasteiger partial charge in [-0.2, -0.15) is 0 Å². The highest BCUT2D eigenvalue weighted by atomic mass is 127. The Hall–Kier alpha value is -1.96. The van der Waals surface area contributed by atoms with E-state index in [1.165, 1.54) is 6.07 Å². The number of benzene rings is 2. The zero-order valence-electron chi connectivity index (χ0n) is 12.6. The summed E-state index contributed by atoms with van der Waals surface area (Å²) in [6, 6.07) is 10.1.